The van der Waals surface area contributed by atoms with Gasteiger partial charge in [-0.1, -0.05) is 12.1 Å². The van der Waals surface area contributed by atoms with E-state index in [-0.39, 0.29) is 13.0 Å². The molecule has 1 N–H and O–H groups in total. The normalized spacial score (nSPS) is 23.3. The monoisotopic (exact) mass is 396 g/mol. The maximum atomic E-state index is 12.5. The molecule has 2 aromatic rings. The number of fused-ring (bicyclic) bond motifs is 1. The third-order valence-electron chi connectivity index (χ3n) is 4.05. The van der Waals surface area contributed by atoms with E-state index in [1.807, 2.05) is 33.7 Å². The number of rotatable bonds is 2. The van der Waals surface area contributed by atoms with Crippen LogP contribution in [0.25, 0.3) is 10.2 Å². The Bertz CT molecular complexity index is 816. The number of benzene rings is 1. The molecule has 0 spiro atoms. The van der Waals surface area contributed by atoms with Crippen LogP contribution in [0.3, 0.4) is 0 Å². The first-order chi connectivity index (χ1) is 12.1. The molecule has 1 unspecified atom stereocenters. The summed E-state index contributed by atoms with van der Waals surface area (Å²) in [5.74, 6) is -0.627. The summed E-state index contributed by atoms with van der Waals surface area (Å²) < 4.78 is 11.0. The lowest BCUT2D eigenvalue weighted by atomic mass is 10.0. The van der Waals surface area contributed by atoms with Gasteiger partial charge >= 0.3 is 12.1 Å². The number of ether oxygens (including phenoxy) is 1. The highest BCUT2D eigenvalue weighted by Crippen LogP contribution is 2.40. The summed E-state index contributed by atoms with van der Waals surface area (Å²) in [6.07, 6.45) is -0.672. The molecule has 0 saturated carbocycles. The fraction of sp³-hybridized carbons (Fsp3) is 0.471. The van der Waals surface area contributed by atoms with E-state index >= 15 is 0 Å². The molecule has 1 saturated heterocycles. The second-order valence-electron chi connectivity index (χ2n) is 7.28. The summed E-state index contributed by atoms with van der Waals surface area (Å²) in [7, 11) is 1.88. The number of amides is 1. The predicted molar refractivity (Wildman–Crippen MR) is 101 cm³/mol. The molecule has 1 aliphatic rings. The van der Waals surface area contributed by atoms with Crippen molar-refractivity contribution in [1.82, 2.24) is 9.88 Å². The third-order valence-corrected chi connectivity index (χ3v) is 5.51. The first kappa shape index (κ1) is 19.0. The molecule has 9 heteroatoms. The lowest BCUT2D eigenvalue weighted by Gasteiger charge is -2.27. The molecule has 1 aromatic heterocycles. The van der Waals surface area contributed by atoms with Crippen molar-refractivity contribution in [2.75, 3.05) is 6.54 Å². The molecule has 0 aliphatic carbocycles. The highest BCUT2D eigenvalue weighted by atomic mass is 32.1. The lowest BCUT2D eigenvalue weighted by molar-refractivity contribution is -0.138. The fourth-order valence-corrected chi connectivity index (χ4v) is 4.13. The van der Waals surface area contributed by atoms with Crippen molar-refractivity contribution >= 4 is 43.1 Å². The molecule has 1 fully saturated rings. The molecule has 3 rings (SSSR count). The van der Waals surface area contributed by atoms with E-state index in [4.69, 9.17) is 9.26 Å². The number of β-amino-alcohol motifs (C(OH)–C–C–N with tert-alkyl or cyclic N) is 1. The van der Waals surface area contributed by atoms with Gasteiger partial charge in [0.2, 0.25) is 0 Å². The first-order valence-corrected chi connectivity index (χ1v) is 9.40. The SMILES string of the molecule is CC(C)(C)OC(=O)N1C[C@](O)(c2nc3ccccc3s2)C[C@H]1C(=O)OP. The van der Waals surface area contributed by atoms with Gasteiger partial charge in [-0.3, -0.25) is 4.90 Å². The average molecular weight is 396 g/mol. The van der Waals surface area contributed by atoms with Crippen LogP contribution in [0.1, 0.15) is 32.2 Å². The van der Waals surface area contributed by atoms with Crippen LogP contribution in [0.5, 0.6) is 0 Å². The topological polar surface area (TPSA) is 89.0 Å². The minimum atomic E-state index is -1.44. The number of carbonyl (C=O) groups is 2. The Kier molecular flexibility index (Phi) is 4.94. The number of hydrogen-bond donors (Lipinski definition) is 1. The Labute approximate surface area is 157 Å². The van der Waals surface area contributed by atoms with Crippen molar-refractivity contribution in [1.29, 1.82) is 0 Å². The van der Waals surface area contributed by atoms with Crippen LogP contribution in [0, 0.1) is 0 Å². The Hall–Kier alpha value is -1.76. The number of aliphatic hydroxyl groups is 1. The van der Waals surface area contributed by atoms with Crippen LogP contribution in [-0.4, -0.2) is 45.2 Å². The Morgan fingerprint density at radius 1 is 1.38 bits per heavy atom. The van der Waals surface area contributed by atoms with Crippen molar-refractivity contribution in [3.8, 4) is 0 Å². The molecule has 2 heterocycles. The Balaban J connectivity index is 1.93. The van der Waals surface area contributed by atoms with E-state index in [9.17, 15) is 14.7 Å². The average Bonchev–Trinajstić information content (AvgIpc) is 3.15. The van der Waals surface area contributed by atoms with Crippen molar-refractivity contribution in [2.45, 2.75) is 44.4 Å². The standard InChI is InChI=1S/C17H21N2O5PS/c1-16(2,3)23-15(21)19-9-17(22,8-11(19)13(20)24-25)14-18-10-6-4-5-7-12(10)26-14/h4-7,11,22H,8-9,25H2,1-3H3/t11-,17-/m0/s1. The number of carbonyl (C=O) groups excluding carboxylic acids is 2. The predicted octanol–water partition coefficient (Wildman–Crippen LogP) is 2.83. The van der Waals surface area contributed by atoms with Gasteiger partial charge in [-0.25, -0.2) is 14.6 Å². The van der Waals surface area contributed by atoms with Crippen LogP contribution in [-0.2, 0) is 19.7 Å². The summed E-state index contributed by atoms with van der Waals surface area (Å²) in [5, 5.41) is 11.6. The number of thiazole rings is 1. The minimum absolute atomic E-state index is 0.000696. The van der Waals surface area contributed by atoms with Crippen molar-refractivity contribution < 1.29 is 24.0 Å². The van der Waals surface area contributed by atoms with E-state index < -0.39 is 29.3 Å². The van der Waals surface area contributed by atoms with E-state index in [2.05, 4.69) is 4.98 Å². The van der Waals surface area contributed by atoms with Gasteiger partial charge in [0.1, 0.15) is 22.3 Å². The van der Waals surface area contributed by atoms with Gasteiger partial charge in [0, 0.05) is 6.42 Å². The summed E-state index contributed by atoms with van der Waals surface area (Å²) in [6.45, 7) is 5.13. The molecule has 1 amide bonds. The molecule has 1 aromatic carbocycles. The summed E-state index contributed by atoms with van der Waals surface area (Å²) in [6, 6.07) is 6.58. The van der Waals surface area contributed by atoms with E-state index in [1.54, 1.807) is 20.8 Å². The van der Waals surface area contributed by atoms with Gasteiger partial charge in [-0.05, 0) is 32.9 Å². The number of hydrogen-bond acceptors (Lipinski definition) is 7. The molecule has 0 bridgehead atoms. The van der Waals surface area contributed by atoms with Gasteiger partial charge < -0.3 is 14.4 Å². The minimum Gasteiger partial charge on any atom is -0.450 e. The number of likely N-dealkylation sites (tertiary alicyclic amines) is 1. The van der Waals surface area contributed by atoms with Gasteiger partial charge in [0.15, 0.2) is 0 Å². The van der Waals surface area contributed by atoms with Crippen molar-refractivity contribution in [2.24, 2.45) is 0 Å². The second kappa shape index (κ2) is 6.76. The summed E-state index contributed by atoms with van der Waals surface area (Å²) in [5.41, 5.74) is -1.39. The molecule has 26 heavy (non-hydrogen) atoms. The maximum absolute atomic E-state index is 12.5. The largest absolute Gasteiger partial charge is 0.450 e. The number of para-hydroxylation sites is 1. The summed E-state index contributed by atoms with van der Waals surface area (Å²) >= 11 is 1.34. The second-order valence-corrected chi connectivity index (χ2v) is 8.55. The van der Waals surface area contributed by atoms with Gasteiger partial charge in [-0.2, -0.15) is 0 Å². The van der Waals surface area contributed by atoms with E-state index in [1.165, 1.54) is 16.2 Å². The number of nitrogens with zero attached hydrogens (tertiary/aromatic N) is 2. The zero-order valence-corrected chi connectivity index (χ0v) is 16.7. The van der Waals surface area contributed by atoms with E-state index in [0.717, 1.165) is 10.2 Å². The molecule has 0 radical (unpaired) electrons. The van der Waals surface area contributed by atoms with Crippen LogP contribution in [0.15, 0.2) is 24.3 Å². The highest BCUT2D eigenvalue weighted by molar-refractivity contribution is 7.18. The van der Waals surface area contributed by atoms with Crippen molar-refractivity contribution in [3.05, 3.63) is 29.3 Å². The molecular formula is C17H21N2O5PS. The third kappa shape index (κ3) is 3.68. The maximum Gasteiger partial charge on any atom is 0.411 e. The Morgan fingerprint density at radius 2 is 2.08 bits per heavy atom. The zero-order valence-electron chi connectivity index (χ0n) is 14.8. The first-order valence-electron chi connectivity index (χ1n) is 8.11. The molecule has 140 valence electrons. The van der Waals surface area contributed by atoms with Gasteiger partial charge in [0.25, 0.3) is 0 Å². The zero-order chi connectivity index (χ0) is 19.1. The molecule has 1 aliphatic heterocycles. The molecule has 3 atom stereocenters. The summed E-state index contributed by atoms with van der Waals surface area (Å²) in [4.78, 5) is 30.4. The molecule has 7 nitrogen and oxygen atoms in total. The van der Waals surface area contributed by atoms with Crippen LogP contribution >= 0.6 is 20.8 Å². The van der Waals surface area contributed by atoms with E-state index in [0.29, 0.717) is 5.01 Å². The smallest absolute Gasteiger partial charge is 0.411 e. The number of aromatic nitrogens is 1. The van der Waals surface area contributed by atoms with Crippen molar-refractivity contribution in [3.63, 3.8) is 0 Å². The lowest BCUT2D eigenvalue weighted by Crippen LogP contribution is -2.44. The Morgan fingerprint density at radius 3 is 2.69 bits per heavy atom. The molecular weight excluding hydrogens is 375 g/mol. The van der Waals surface area contributed by atoms with Crippen LogP contribution in [0.2, 0.25) is 0 Å². The van der Waals surface area contributed by atoms with Crippen LogP contribution < -0.4 is 0 Å². The van der Waals surface area contributed by atoms with Gasteiger partial charge in [-0.15, -0.1) is 11.3 Å². The quantitative estimate of drug-likeness (QED) is 0.786. The van der Waals surface area contributed by atoms with Gasteiger partial charge in [0.05, 0.1) is 26.2 Å². The van der Waals surface area contributed by atoms with Crippen LogP contribution in [0.4, 0.5) is 4.79 Å². The fourth-order valence-electron chi connectivity index (χ4n) is 2.91. The highest BCUT2D eigenvalue weighted by Gasteiger charge is 2.52.